The molecule has 0 aliphatic rings. The number of hydrogen-bond acceptors (Lipinski definition) is 6. The average Bonchev–Trinajstić information content (AvgIpc) is 2.80. The monoisotopic (exact) mass is 264 g/mol. The van der Waals surface area contributed by atoms with E-state index in [9.17, 15) is 15.0 Å². The first-order valence-electron chi connectivity index (χ1n) is 5.48. The van der Waals surface area contributed by atoms with Crippen LogP contribution in [0.5, 0.6) is 17.5 Å². The molecule has 0 unspecified atom stereocenters. The minimum Gasteiger partial charge on any atom is -0.508 e. The topological polar surface area (TPSA) is 120 Å². The third-order valence-electron chi connectivity index (χ3n) is 2.20. The number of aromatic amines is 1. The van der Waals surface area contributed by atoms with Gasteiger partial charge in [0.25, 0.3) is 5.91 Å². The fraction of sp³-hybridized carbons (Fsp3) is 0.182. The Kier molecular flexibility index (Phi) is 3.51. The molecule has 1 amide bonds. The number of carbonyl (C=O) groups excluding carboxylic acids is 1. The van der Waals surface area contributed by atoms with E-state index in [1.807, 2.05) is 0 Å². The van der Waals surface area contributed by atoms with Gasteiger partial charge in [-0.2, -0.15) is 4.98 Å². The normalized spacial score (nSPS) is 10.2. The van der Waals surface area contributed by atoms with Gasteiger partial charge in [0.1, 0.15) is 11.5 Å². The fourth-order valence-corrected chi connectivity index (χ4v) is 1.38. The van der Waals surface area contributed by atoms with Gasteiger partial charge in [0, 0.05) is 0 Å². The lowest BCUT2D eigenvalue weighted by atomic mass is 10.2. The number of rotatable bonds is 4. The quantitative estimate of drug-likeness (QED) is 0.608. The number of ether oxygens (including phenoxy) is 1. The molecule has 1 heterocycles. The van der Waals surface area contributed by atoms with Crippen LogP contribution >= 0.6 is 0 Å². The van der Waals surface area contributed by atoms with E-state index in [0.29, 0.717) is 6.61 Å². The molecule has 0 radical (unpaired) electrons. The SMILES string of the molecule is CCOc1n[nH]c(NC(=O)c2cc(O)ccc2O)n1. The molecule has 0 spiro atoms. The zero-order valence-electron chi connectivity index (χ0n) is 10.0. The van der Waals surface area contributed by atoms with Gasteiger partial charge in [-0.3, -0.25) is 10.1 Å². The molecule has 0 aliphatic heterocycles. The highest BCUT2D eigenvalue weighted by Gasteiger charge is 2.14. The Bertz CT molecular complexity index is 596. The van der Waals surface area contributed by atoms with Crippen molar-refractivity contribution in [3.8, 4) is 17.5 Å². The van der Waals surface area contributed by atoms with Crippen LogP contribution in [0.1, 0.15) is 17.3 Å². The number of aromatic hydroxyl groups is 2. The summed E-state index contributed by atoms with van der Waals surface area (Å²) in [6.07, 6.45) is 0. The number of nitrogens with zero attached hydrogens (tertiary/aromatic N) is 2. The van der Waals surface area contributed by atoms with Gasteiger partial charge >= 0.3 is 6.01 Å². The molecule has 0 bridgehead atoms. The Balaban J connectivity index is 2.13. The Morgan fingerprint density at radius 2 is 2.26 bits per heavy atom. The van der Waals surface area contributed by atoms with Gasteiger partial charge in [0.05, 0.1) is 12.2 Å². The van der Waals surface area contributed by atoms with Crippen molar-refractivity contribution in [3.05, 3.63) is 23.8 Å². The van der Waals surface area contributed by atoms with Crippen LogP contribution < -0.4 is 10.1 Å². The smallest absolute Gasteiger partial charge is 0.337 e. The fourth-order valence-electron chi connectivity index (χ4n) is 1.38. The number of H-pyrrole nitrogens is 1. The molecule has 2 aromatic rings. The standard InChI is InChI=1S/C11H12N4O4/c1-2-19-11-13-10(14-15-11)12-9(18)7-5-6(16)3-4-8(7)17/h3-5,16-17H,2H2,1H3,(H2,12,13,14,15,18). The van der Waals surface area contributed by atoms with E-state index in [1.54, 1.807) is 6.92 Å². The zero-order chi connectivity index (χ0) is 13.8. The number of phenols is 2. The number of carbonyl (C=O) groups is 1. The van der Waals surface area contributed by atoms with Crippen molar-refractivity contribution in [2.45, 2.75) is 6.92 Å². The van der Waals surface area contributed by atoms with Gasteiger partial charge in [-0.1, -0.05) is 0 Å². The van der Waals surface area contributed by atoms with Crippen molar-refractivity contribution in [2.75, 3.05) is 11.9 Å². The second-order valence-corrected chi connectivity index (χ2v) is 3.56. The van der Waals surface area contributed by atoms with Crippen molar-refractivity contribution < 1.29 is 19.7 Å². The van der Waals surface area contributed by atoms with Gasteiger partial charge in [0.2, 0.25) is 5.95 Å². The molecule has 1 aromatic heterocycles. The number of hydrogen-bond donors (Lipinski definition) is 4. The summed E-state index contributed by atoms with van der Waals surface area (Å²) in [7, 11) is 0. The van der Waals surface area contributed by atoms with Gasteiger partial charge in [-0.05, 0) is 25.1 Å². The van der Waals surface area contributed by atoms with E-state index in [2.05, 4.69) is 20.5 Å². The van der Waals surface area contributed by atoms with Crippen LogP contribution in [0, 0.1) is 0 Å². The summed E-state index contributed by atoms with van der Waals surface area (Å²) in [5.74, 6) is -0.931. The van der Waals surface area contributed by atoms with E-state index in [0.717, 1.165) is 6.07 Å². The molecule has 0 atom stereocenters. The van der Waals surface area contributed by atoms with E-state index < -0.39 is 5.91 Å². The van der Waals surface area contributed by atoms with Gasteiger partial charge in [-0.25, -0.2) is 5.10 Å². The van der Waals surface area contributed by atoms with Crippen LogP contribution in [0.2, 0.25) is 0 Å². The molecule has 1 aromatic carbocycles. The first kappa shape index (κ1) is 12.7. The minimum atomic E-state index is -0.632. The number of anilines is 1. The predicted molar refractivity (Wildman–Crippen MR) is 65.3 cm³/mol. The Morgan fingerprint density at radius 1 is 1.47 bits per heavy atom. The first-order chi connectivity index (χ1) is 9.10. The predicted octanol–water partition coefficient (Wildman–Crippen LogP) is 0.867. The molecular formula is C11H12N4O4. The van der Waals surface area contributed by atoms with Crippen LogP contribution in [0.3, 0.4) is 0 Å². The lowest BCUT2D eigenvalue weighted by Crippen LogP contribution is -2.13. The molecular weight excluding hydrogens is 252 g/mol. The average molecular weight is 264 g/mol. The lowest BCUT2D eigenvalue weighted by molar-refractivity contribution is 0.102. The van der Waals surface area contributed by atoms with Crippen molar-refractivity contribution >= 4 is 11.9 Å². The molecule has 8 heteroatoms. The van der Waals surface area contributed by atoms with Crippen LogP contribution in [0.4, 0.5) is 5.95 Å². The summed E-state index contributed by atoms with van der Waals surface area (Å²) in [5, 5.41) is 27.4. The third-order valence-corrected chi connectivity index (χ3v) is 2.20. The summed E-state index contributed by atoms with van der Waals surface area (Å²) in [5.41, 5.74) is -0.0747. The van der Waals surface area contributed by atoms with Gasteiger partial charge < -0.3 is 14.9 Å². The van der Waals surface area contributed by atoms with Gasteiger partial charge in [0.15, 0.2) is 0 Å². The van der Waals surface area contributed by atoms with Crippen molar-refractivity contribution in [1.29, 1.82) is 0 Å². The molecule has 0 aliphatic carbocycles. The molecule has 4 N–H and O–H groups in total. The Labute approximate surface area is 108 Å². The van der Waals surface area contributed by atoms with Crippen molar-refractivity contribution in [2.24, 2.45) is 0 Å². The molecule has 0 saturated heterocycles. The van der Waals surface area contributed by atoms with Crippen LogP contribution in [-0.4, -0.2) is 37.9 Å². The van der Waals surface area contributed by atoms with E-state index in [1.165, 1.54) is 12.1 Å². The number of amides is 1. The largest absolute Gasteiger partial charge is 0.508 e. The van der Waals surface area contributed by atoms with Crippen LogP contribution in [0.15, 0.2) is 18.2 Å². The second kappa shape index (κ2) is 5.25. The molecule has 100 valence electrons. The molecule has 0 fully saturated rings. The highest BCUT2D eigenvalue weighted by molar-refractivity contribution is 6.05. The zero-order valence-corrected chi connectivity index (χ0v) is 10.0. The molecule has 2 rings (SSSR count). The van der Waals surface area contributed by atoms with E-state index in [-0.39, 0.29) is 29.0 Å². The van der Waals surface area contributed by atoms with Crippen LogP contribution in [0.25, 0.3) is 0 Å². The van der Waals surface area contributed by atoms with Crippen molar-refractivity contribution in [3.63, 3.8) is 0 Å². The highest BCUT2D eigenvalue weighted by atomic mass is 16.5. The second-order valence-electron chi connectivity index (χ2n) is 3.56. The molecule has 0 saturated carbocycles. The maximum atomic E-state index is 11.8. The number of aromatic nitrogens is 3. The highest BCUT2D eigenvalue weighted by Crippen LogP contribution is 2.22. The Morgan fingerprint density at radius 3 is 3.00 bits per heavy atom. The number of nitrogens with one attached hydrogen (secondary N) is 2. The molecule has 19 heavy (non-hydrogen) atoms. The van der Waals surface area contributed by atoms with Gasteiger partial charge in [-0.15, -0.1) is 5.10 Å². The maximum Gasteiger partial charge on any atom is 0.337 e. The third kappa shape index (κ3) is 2.92. The maximum absolute atomic E-state index is 11.8. The molecule has 8 nitrogen and oxygen atoms in total. The summed E-state index contributed by atoms with van der Waals surface area (Å²) < 4.78 is 5.02. The van der Waals surface area contributed by atoms with E-state index >= 15 is 0 Å². The van der Waals surface area contributed by atoms with Crippen molar-refractivity contribution in [1.82, 2.24) is 15.2 Å². The minimum absolute atomic E-state index is 0.0747. The van der Waals surface area contributed by atoms with Crippen LogP contribution in [-0.2, 0) is 0 Å². The lowest BCUT2D eigenvalue weighted by Gasteiger charge is -2.04. The Hall–Kier alpha value is -2.77. The summed E-state index contributed by atoms with van der Waals surface area (Å²) in [6, 6.07) is 3.74. The first-order valence-corrected chi connectivity index (χ1v) is 5.48. The summed E-state index contributed by atoms with van der Waals surface area (Å²) >= 11 is 0. The number of benzene rings is 1. The van der Waals surface area contributed by atoms with E-state index in [4.69, 9.17) is 4.74 Å². The summed E-state index contributed by atoms with van der Waals surface area (Å²) in [6.45, 7) is 2.18. The number of phenolic OH excluding ortho intramolecular Hbond substituents is 2. The summed E-state index contributed by atoms with van der Waals surface area (Å²) in [4.78, 5) is 15.7.